The summed E-state index contributed by atoms with van der Waals surface area (Å²) in [6, 6.07) is 11.6. The summed E-state index contributed by atoms with van der Waals surface area (Å²) >= 11 is 0. The molecule has 0 spiro atoms. The molecule has 138 valence electrons. The summed E-state index contributed by atoms with van der Waals surface area (Å²) in [5, 5.41) is 8.60. The van der Waals surface area contributed by atoms with Crippen LogP contribution in [0.4, 0.5) is 0 Å². The minimum absolute atomic E-state index is 0.0175. The Morgan fingerprint density at radius 2 is 2.11 bits per heavy atom. The summed E-state index contributed by atoms with van der Waals surface area (Å²) in [4.78, 5) is 19.5. The Morgan fingerprint density at radius 3 is 2.89 bits per heavy atom. The van der Waals surface area contributed by atoms with Gasteiger partial charge in [0.2, 0.25) is 0 Å². The molecule has 1 amide bonds. The van der Waals surface area contributed by atoms with E-state index in [0.717, 1.165) is 37.2 Å². The molecule has 0 radical (unpaired) electrons. The van der Waals surface area contributed by atoms with Gasteiger partial charge >= 0.3 is 0 Å². The zero-order chi connectivity index (χ0) is 18.4. The molecule has 2 aromatic heterocycles. The van der Waals surface area contributed by atoms with E-state index in [9.17, 15) is 4.79 Å². The van der Waals surface area contributed by atoms with Crippen LogP contribution in [0.3, 0.4) is 0 Å². The van der Waals surface area contributed by atoms with E-state index in [0.29, 0.717) is 24.0 Å². The van der Waals surface area contributed by atoms with Crippen molar-refractivity contribution in [3.8, 4) is 11.5 Å². The number of hydrogen-bond acceptors (Lipinski definition) is 5. The Bertz CT molecular complexity index is 979. The summed E-state index contributed by atoms with van der Waals surface area (Å²) in [5.41, 5.74) is 1.20. The highest BCUT2D eigenvalue weighted by atomic mass is 16.5. The van der Waals surface area contributed by atoms with Gasteiger partial charge in [-0.25, -0.2) is 0 Å². The summed E-state index contributed by atoms with van der Waals surface area (Å²) in [7, 11) is 1.82. The Labute approximate surface area is 157 Å². The van der Waals surface area contributed by atoms with E-state index in [2.05, 4.69) is 10.3 Å². The second kappa shape index (κ2) is 6.04. The van der Waals surface area contributed by atoms with Gasteiger partial charge in [-0.15, -0.1) is 0 Å². The molecule has 0 N–H and O–H groups in total. The van der Waals surface area contributed by atoms with Crippen LogP contribution in [0.2, 0.25) is 0 Å². The molecule has 2 fully saturated rings. The number of likely N-dealkylation sites (tertiary alicyclic amines) is 1. The zero-order valence-corrected chi connectivity index (χ0v) is 15.2. The lowest BCUT2D eigenvalue weighted by molar-refractivity contribution is 0.0770. The number of aromatic nitrogens is 4. The Balaban J connectivity index is 1.45. The molecule has 2 atom stereocenters. The normalized spacial score (nSPS) is 24.3. The molecule has 1 saturated carbocycles. The van der Waals surface area contributed by atoms with E-state index in [1.165, 1.54) is 0 Å². The molecule has 2 aliphatic rings. The summed E-state index contributed by atoms with van der Waals surface area (Å²) < 4.78 is 7.23. The number of rotatable bonds is 3. The molecule has 3 heterocycles. The summed E-state index contributed by atoms with van der Waals surface area (Å²) in [5.74, 6) is 1.63. The highest BCUT2D eigenvalue weighted by Gasteiger charge is 2.54. The third-order valence-corrected chi connectivity index (χ3v) is 5.98. The van der Waals surface area contributed by atoms with Crippen molar-refractivity contribution in [3.05, 3.63) is 54.1 Å². The fraction of sp³-hybridized carbons (Fsp3) is 0.400. The average molecular weight is 363 g/mol. The van der Waals surface area contributed by atoms with Crippen LogP contribution in [0.15, 0.2) is 47.1 Å². The van der Waals surface area contributed by atoms with Gasteiger partial charge in [0.05, 0.1) is 5.41 Å². The third-order valence-electron chi connectivity index (χ3n) is 5.98. The number of carbonyl (C=O) groups excluding carboxylic acids is 1. The van der Waals surface area contributed by atoms with Crippen molar-refractivity contribution < 1.29 is 9.32 Å². The smallest absolute Gasteiger partial charge is 0.274 e. The molecular formula is C20H21N5O2. The predicted octanol–water partition coefficient (Wildman–Crippen LogP) is 2.66. The molecule has 1 aliphatic carbocycles. The minimum Gasteiger partial charge on any atom is -0.336 e. The van der Waals surface area contributed by atoms with Gasteiger partial charge in [0.1, 0.15) is 5.69 Å². The van der Waals surface area contributed by atoms with Gasteiger partial charge in [-0.2, -0.15) is 10.1 Å². The summed E-state index contributed by atoms with van der Waals surface area (Å²) in [6.07, 6.45) is 5.00. The lowest BCUT2D eigenvalue weighted by Gasteiger charge is -2.24. The topological polar surface area (TPSA) is 77.0 Å². The zero-order valence-electron chi connectivity index (χ0n) is 15.2. The van der Waals surface area contributed by atoms with Gasteiger partial charge in [0, 0.05) is 31.9 Å². The maximum atomic E-state index is 12.9. The molecule has 1 saturated heterocycles. The molecule has 1 aliphatic heterocycles. The molecule has 7 nitrogen and oxygen atoms in total. The van der Waals surface area contributed by atoms with Crippen LogP contribution in [-0.4, -0.2) is 43.8 Å². The average Bonchev–Trinajstić information content (AvgIpc) is 3.44. The number of hydrogen-bond donors (Lipinski definition) is 0. The van der Waals surface area contributed by atoms with Crippen molar-refractivity contribution >= 4 is 5.91 Å². The van der Waals surface area contributed by atoms with Crippen molar-refractivity contribution in [3.63, 3.8) is 0 Å². The maximum absolute atomic E-state index is 12.9. The Morgan fingerprint density at radius 1 is 1.26 bits per heavy atom. The SMILES string of the molecule is Cn1ccc(C(=O)N2C[C@H]3CCC[C@@]3(c3noc(-c4ccccc4)n3)C2)n1. The van der Waals surface area contributed by atoms with Gasteiger partial charge in [-0.1, -0.05) is 29.8 Å². The fourth-order valence-electron chi connectivity index (χ4n) is 4.62. The van der Waals surface area contributed by atoms with Gasteiger partial charge in [-0.3, -0.25) is 9.48 Å². The quantitative estimate of drug-likeness (QED) is 0.715. The lowest BCUT2D eigenvalue weighted by atomic mass is 9.80. The largest absolute Gasteiger partial charge is 0.336 e. The minimum atomic E-state index is -0.207. The van der Waals surface area contributed by atoms with Crippen molar-refractivity contribution in [2.24, 2.45) is 13.0 Å². The molecule has 1 aromatic carbocycles. The predicted molar refractivity (Wildman–Crippen MR) is 97.9 cm³/mol. The van der Waals surface area contributed by atoms with Crippen molar-refractivity contribution in [1.82, 2.24) is 24.8 Å². The number of benzene rings is 1. The first kappa shape index (κ1) is 16.2. The first-order valence-electron chi connectivity index (χ1n) is 9.34. The molecule has 3 aromatic rings. The number of nitrogens with zero attached hydrogens (tertiary/aromatic N) is 5. The Hall–Kier alpha value is -2.96. The van der Waals surface area contributed by atoms with Crippen LogP contribution in [0.5, 0.6) is 0 Å². The van der Waals surface area contributed by atoms with E-state index < -0.39 is 0 Å². The van der Waals surface area contributed by atoms with Crippen molar-refractivity contribution in [2.45, 2.75) is 24.7 Å². The maximum Gasteiger partial charge on any atom is 0.274 e. The Kier molecular flexibility index (Phi) is 3.63. The van der Waals surface area contributed by atoms with Crippen LogP contribution < -0.4 is 0 Å². The van der Waals surface area contributed by atoms with Crippen LogP contribution >= 0.6 is 0 Å². The van der Waals surface area contributed by atoms with Gasteiger partial charge in [0.25, 0.3) is 11.8 Å². The monoisotopic (exact) mass is 363 g/mol. The van der Waals surface area contributed by atoms with E-state index in [-0.39, 0.29) is 11.3 Å². The van der Waals surface area contributed by atoms with Crippen molar-refractivity contribution in [2.75, 3.05) is 13.1 Å². The molecule has 0 bridgehead atoms. The molecule has 5 rings (SSSR count). The first-order valence-corrected chi connectivity index (χ1v) is 9.34. The number of fused-ring (bicyclic) bond motifs is 1. The van der Waals surface area contributed by atoms with Crippen LogP contribution in [0.1, 0.15) is 35.6 Å². The first-order chi connectivity index (χ1) is 13.2. The second-order valence-corrected chi connectivity index (χ2v) is 7.59. The van der Waals surface area contributed by atoms with Crippen LogP contribution in [-0.2, 0) is 12.5 Å². The molecule has 7 heteroatoms. The van der Waals surface area contributed by atoms with Gasteiger partial charge < -0.3 is 9.42 Å². The fourth-order valence-corrected chi connectivity index (χ4v) is 4.62. The number of amides is 1. The number of aryl methyl sites for hydroxylation is 1. The summed E-state index contributed by atoms with van der Waals surface area (Å²) in [6.45, 7) is 1.35. The van der Waals surface area contributed by atoms with Gasteiger partial charge in [-0.05, 0) is 37.0 Å². The highest BCUT2D eigenvalue weighted by Crippen LogP contribution is 2.50. The second-order valence-electron chi connectivity index (χ2n) is 7.59. The van der Waals surface area contributed by atoms with E-state index in [1.54, 1.807) is 16.9 Å². The lowest BCUT2D eigenvalue weighted by Crippen LogP contribution is -2.35. The third kappa shape index (κ3) is 2.57. The number of carbonyl (C=O) groups is 1. The van der Waals surface area contributed by atoms with E-state index in [4.69, 9.17) is 9.51 Å². The van der Waals surface area contributed by atoms with Gasteiger partial charge in [0.15, 0.2) is 5.82 Å². The molecular weight excluding hydrogens is 342 g/mol. The van der Waals surface area contributed by atoms with E-state index in [1.807, 2.05) is 42.3 Å². The standard InChI is InChI=1S/C20H21N5O2/c1-24-11-9-16(22-24)18(26)25-12-15-8-5-10-20(15,13-25)19-21-17(27-23-19)14-6-3-2-4-7-14/h2-4,6-7,9,11,15H,5,8,10,12-13H2,1H3/t15-,20-/m1/s1. The van der Waals surface area contributed by atoms with Crippen LogP contribution in [0, 0.1) is 5.92 Å². The molecule has 0 unspecified atom stereocenters. The van der Waals surface area contributed by atoms with Crippen LogP contribution in [0.25, 0.3) is 11.5 Å². The highest BCUT2D eigenvalue weighted by molar-refractivity contribution is 5.92. The van der Waals surface area contributed by atoms with E-state index >= 15 is 0 Å². The van der Waals surface area contributed by atoms with Crippen molar-refractivity contribution in [1.29, 1.82) is 0 Å². The molecule has 27 heavy (non-hydrogen) atoms.